The summed E-state index contributed by atoms with van der Waals surface area (Å²) in [7, 11) is 2.14. The molecule has 1 fully saturated rings. The van der Waals surface area contributed by atoms with E-state index >= 15 is 0 Å². The highest BCUT2D eigenvalue weighted by Gasteiger charge is 2.38. The maximum Gasteiger partial charge on any atom is 0.278 e. The first-order valence-corrected chi connectivity index (χ1v) is 12.0. The molecule has 2 aromatic rings. The number of ether oxygens (including phenoxy) is 1. The molecule has 2 amide bonds. The van der Waals surface area contributed by atoms with Gasteiger partial charge in [-0.1, -0.05) is 26.0 Å². The lowest BCUT2D eigenvalue weighted by Gasteiger charge is -2.34. The average molecular weight is 463 g/mol. The van der Waals surface area contributed by atoms with E-state index in [1.165, 1.54) is 4.90 Å². The molecular weight excluding hydrogens is 428 g/mol. The number of amides is 2. The fourth-order valence-electron chi connectivity index (χ4n) is 4.19. The molecule has 0 bridgehead atoms. The van der Waals surface area contributed by atoms with Crippen molar-refractivity contribution in [3.63, 3.8) is 0 Å². The first-order chi connectivity index (χ1) is 16.4. The summed E-state index contributed by atoms with van der Waals surface area (Å²) in [5.74, 6) is 0.592. The van der Waals surface area contributed by atoms with Crippen molar-refractivity contribution in [2.75, 3.05) is 56.6 Å². The summed E-state index contributed by atoms with van der Waals surface area (Å²) >= 11 is 0. The fraction of sp³-hybridized carbons (Fsp3) is 0.407. The van der Waals surface area contributed by atoms with Gasteiger partial charge in [0.05, 0.1) is 12.2 Å². The van der Waals surface area contributed by atoms with E-state index in [1.54, 1.807) is 0 Å². The standard InChI is InChI=1S/C27H34N4O3/c1-5-31-26(32)24(20-6-12-23(13-7-20)34-18-19(2)3)25(27(31)33)28-21-8-10-22(11-9-21)30-16-14-29(4)15-17-30/h6-13,19,28H,5,14-18H2,1-4H3. The van der Waals surface area contributed by atoms with Gasteiger partial charge in [0.2, 0.25) is 0 Å². The number of anilines is 2. The molecule has 0 radical (unpaired) electrons. The summed E-state index contributed by atoms with van der Waals surface area (Å²) < 4.78 is 5.76. The number of hydrogen-bond donors (Lipinski definition) is 1. The molecule has 2 aliphatic rings. The van der Waals surface area contributed by atoms with Gasteiger partial charge in [0.15, 0.2) is 0 Å². The Hall–Kier alpha value is -3.32. The smallest absolute Gasteiger partial charge is 0.278 e. The molecule has 7 nitrogen and oxygen atoms in total. The van der Waals surface area contributed by atoms with Crippen LogP contribution in [-0.2, 0) is 9.59 Å². The molecular formula is C27H34N4O3. The molecule has 0 atom stereocenters. The number of nitrogens with one attached hydrogen (secondary N) is 1. The summed E-state index contributed by atoms with van der Waals surface area (Å²) in [4.78, 5) is 32.1. The van der Waals surface area contributed by atoms with Crippen LogP contribution in [0.25, 0.3) is 5.57 Å². The summed E-state index contributed by atoms with van der Waals surface area (Å²) in [6, 6.07) is 15.4. The van der Waals surface area contributed by atoms with Crippen molar-refractivity contribution in [3.05, 3.63) is 59.8 Å². The van der Waals surface area contributed by atoms with Gasteiger partial charge in [0, 0.05) is 44.1 Å². The van der Waals surface area contributed by atoms with E-state index in [2.05, 4.69) is 48.1 Å². The van der Waals surface area contributed by atoms with E-state index in [9.17, 15) is 9.59 Å². The molecule has 0 spiro atoms. The molecule has 1 saturated heterocycles. The molecule has 7 heteroatoms. The zero-order valence-electron chi connectivity index (χ0n) is 20.5. The van der Waals surface area contributed by atoms with E-state index in [4.69, 9.17) is 4.74 Å². The zero-order valence-corrected chi connectivity index (χ0v) is 20.5. The zero-order chi connectivity index (χ0) is 24.2. The minimum absolute atomic E-state index is 0.278. The van der Waals surface area contributed by atoms with Crippen molar-refractivity contribution < 1.29 is 14.3 Å². The van der Waals surface area contributed by atoms with Gasteiger partial charge < -0.3 is 19.9 Å². The molecule has 4 rings (SSSR count). The first-order valence-electron chi connectivity index (χ1n) is 12.0. The highest BCUT2D eigenvalue weighted by Crippen LogP contribution is 2.32. The first kappa shape index (κ1) is 23.8. The van der Waals surface area contributed by atoms with Gasteiger partial charge in [0.1, 0.15) is 11.4 Å². The minimum atomic E-state index is -0.300. The van der Waals surface area contributed by atoms with Crippen molar-refractivity contribution in [2.24, 2.45) is 5.92 Å². The van der Waals surface area contributed by atoms with Gasteiger partial charge in [-0.15, -0.1) is 0 Å². The predicted molar refractivity (Wildman–Crippen MR) is 136 cm³/mol. The monoisotopic (exact) mass is 462 g/mol. The third-order valence-electron chi connectivity index (χ3n) is 6.22. The molecule has 0 aromatic heterocycles. The number of hydrogen-bond acceptors (Lipinski definition) is 6. The van der Waals surface area contributed by atoms with Crippen LogP contribution in [0.1, 0.15) is 26.3 Å². The van der Waals surface area contributed by atoms with E-state index in [-0.39, 0.29) is 11.8 Å². The predicted octanol–water partition coefficient (Wildman–Crippen LogP) is 3.69. The Morgan fingerprint density at radius 2 is 1.56 bits per heavy atom. The maximum absolute atomic E-state index is 13.1. The lowest BCUT2D eigenvalue weighted by molar-refractivity contribution is -0.136. The molecule has 0 aliphatic carbocycles. The van der Waals surface area contributed by atoms with Gasteiger partial charge in [0.25, 0.3) is 11.8 Å². The third kappa shape index (κ3) is 5.09. The minimum Gasteiger partial charge on any atom is -0.493 e. The second kappa shape index (κ2) is 10.3. The van der Waals surface area contributed by atoms with E-state index in [1.807, 2.05) is 43.3 Å². The molecule has 34 heavy (non-hydrogen) atoms. The Balaban J connectivity index is 1.57. The molecule has 2 heterocycles. The molecule has 2 aliphatic heterocycles. The number of rotatable bonds is 8. The molecule has 0 saturated carbocycles. The quantitative estimate of drug-likeness (QED) is 0.604. The molecule has 0 unspecified atom stereocenters. The highest BCUT2D eigenvalue weighted by atomic mass is 16.5. The topological polar surface area (TPSA) is 65.1 Å². The van der Waals surface area contributed by atoms with Gasteiger partial charge >= 0.3 is 0 Å². The van der Waals surface area contributed by atoms with Crippen LogP contribution in [0.4, 0.5) is 11.4 Å². The van der Waals surface area contributed by atoms with Crippen LogP contribution in [-0.4, -0.2) is 68.0 Å². The largest absolute Gasteiger partial charge is 0.493 e. The Morgan fingerprint density at radius 3 is 2.15 bits per heavy atom. The highest BCUT2D eigenvalue weighted by molar-refractivity contribution is 6.36. The van der Waals surface area contributed by atoms with E-state index < -0.39 is 0 Å². The molecule has 180 valence electrons. The maximum atomic E-state index is 13.1. The van der Waals surface area contributed by atoms with Gasteiger partial charge in [-0.05, 0) is 61.9 Å². The second-order valence-electron chi connectivity index (χ2n) is 9.30. The number of piperazine rings is 1. The van der Waals surface area contributed by atoms with Gasteiger partial charge in [-0.2, -0.15) is 0 Å². The number of carbonyl (C=O) groups excluding carboxylic acids is 2. The van der Waals surface area contributed by atoms with E-state index in [0.29, 0.717) is 35.9 Å². The lowest BCUT2D eigenvalue weighted by atomic mass is 10.0. The number of imide groups is 1. The van der Waals surface area contributed by atoms with Crippen molar-refractivity contribution in [2.45, 2.75) is 20.8 Å². The van der Waals surface area contributed by atoms with Crippen LogP contribution in [0.15, 0.2) is 54.2 Å². The van der Waals surface area contributed by atoms with Crippen molar-refractivity contribution in [1.82, 2.24) is 9.80 Å². The van der Waals surface area contributed by atoms with Crippen LogP contribution in [0.2, 0.25) is 0 Å². The van der Waals surface area contributed by atoms with Crippen LogP contribution >= 0.6 is 0 Å². The average Bonchev–Trinajstić information content (AvgIpc) is 3.07. The van der Waals surface area contributed by atoms with Crippen LogP contribution in [0, 0.1) is 5.92 Å². The van der Waals surface area contributed by atoms with Crippen LogP contribution in [0.3, 0.4) is 0 Å². The van der Waals surface area contributed by atoms with Crippen LogP contribution in [0.5, 0.6) is 5.75 Å². The van der Waals surface area contributed by atoms with Crippen molar-refractivity contribution in [3.8, 4) is 5.75 Å². The molecule has 2 aromatic carbocycles. The Kier molecular flexibility index (Phi) is 7.22. The van der Waals surface area contributed by atoms with E-state index in [0.717, 1.165) is 43.3 Å². The SMILES string of the molecule is CCN1C(=O)C(Nc2ccc(N3CCN(C)CC3)cc2)=C(c2ccc(OCC(C)C)cc2)C1=O. The Labute approximate surface area is 202 Å². The summed E-state index contributed by atoms with van der Waals surface area (Å²) in [5.41, 5.74) is 3.35. The molecule has 1 N–H and O–H groups in total. The number of likely N-dealkylation sites (N-methyl/N-ethyl adjacent to an activating group) is 2. The van der Waals surface area contributed by atoms with Crippen molar-refractivity contribution in [1.29, 1.82) is 0 Å². The third-order valence-corrected chi connectivity index (χ3v) is 6.22. The summed E-state index contributed by atoms with van der Waals surface area (Å²) in [5, 5.41) is 3.24. The van der Waals surface area contributed by atoms with Crippen LogP contribution < -0.4 is 15.0 Å². The van der Waals surface area contributed by atoms with Gasteiger partial charge in [-0.25, -0.2) is 0 Å². The Morgan fingerprint density at radius 1 is 0.912 bits per heavy atom. The fourth-order valence-corrected chi connectivity index (χ4v) is 4.19. The normalized spacial score (nSPS) is 17.2. The number of nitrogens with zero attached hydrogens (tertiary/aromatic N) is 3. The van der Waals surface area contributed by atoms with Crippen molar-refractivity contribution >= 4 is 28.8 Å². The summed E-state index contributed by atoms with van der Waals surface area (Å²) in [6.07, 6.45) is 0. The Bertz CT molecular complexity index is 1050. The lowest BCUT2D eigenvalue weighted by Crippen LogP contribution is -2.44. The summed E-state index contributed by atoms with van der Waals surface area (Å²) in [6.45, 7) is 11.0. The number of benzene rings is 2. The van der Waals surface area contributed by atoms with Gasteiger partial charge in [-0.3, -0.25) is 14.5 Å². The second-order valence-corrected chi connectivity index (χ2v) is 9.30. The number of carbonyl (C=O) groups is 2.